The molecule has 64 heavy (non-hydrogen) atoms. The predicted molar refractivity (Wildman–Crippen MR) is 273 cm³/mol. The van der Waals surface area contributed by atoms with Crippen LogP contribution in [-0.4, -0.2) is 0 Å². The summed E-state index contributed by atoms with van der Waals surface area (Å²) in [5.74, 6) is 0. The first kappa shape index (κ1) is 34.3. The fourth-order valence-electron chi connectivity index (χ4n) is 11.8. The van der Waals surface area contributed by atoms with E-state index in [1.54, 1.807) is 0 Å². The van der Waals surface area contributed by atoms with Gasteiger partial charge in [0.2, 0.25) is 0 Å². The maximum atomic E-state index is 2.43. The van der Waals surface area contributed by atoms with Crippen molar-refractivity contribution in [1.82, 2.24) is 0 Å². The van der Waals surface area contributed by atoms with Gasteiger partial charge in [-0.15, -0.1) is 0 Å². The van der Waals surface area contributed by atoms with Gasteiger partial charge in [-0.05, 0) is 177 Å². The van der Waals surface area contributed by atoms with Crippen molar-refractivity contribution >= 4 is 108 Å². The number of hydrogen-bond acceptors (Lipinski definition) is 0. The molecule has 0 heterocycles. The third-order valence-corrected chi connectivity index (χ3v) is 14.6. The Balaban J connectivity index is 1.01. The lowest BCUT2D eigenvalue weighted by molar-refractivity contribution is 1.61. The lowest BCUT2D eigenvalue weighted by atomic mass is 9.85. The molecule has 0 amide bonds. The van der Waals surface area contributed by atoms with Crippen molar-refractivity contribution < 1.29 is 0 Å². The Bertz CT molecular complexity index is 3740. The second kappa shape index (κ2) is 12.6. The Morgan fingerprint density at radius 3 is 0.656 bits per heavy atom. The van der Waals surface area contributed by atoms with Crippen LogP contribution in [0.3, 0.4) is 0 Å². The first-order valence-corrected chi connectivity index (χ1v) is 22.4. The number of benzene rings is 13. The van der Waals surface area contributed by atoms with Gasteiger partial charge in [0.05, 0.1) is 0 Å². The molecule has 0 radical (unpaired) electrons. The Labute approximate surface area is 369 Å². The molecule has 2 aliphatic rings. The normalized spacial score (nSPS) is 13.5. The molecule has 0 nitrogen and oxygen atoms in total. The van der Waals surface area contributed by atoms with Crippen molar-refractivity contribution in [3.63, 3.8) is 0 Å². The molecule has 13 aromatic carbocycles. The lowest BCUT2D eigenvalue weighted by Crippen LogP contribution is -1.92. The smallest absolute Gasteiger partial charge is 0.00134 e. The molecule has 13 aromatic rings. The summed E-state index contributed by atoms with van der Waals surface area (Å²) in [6.45, 7) is 0. The third-order valence-electron chi connectivity index (χ3n) is 14.6. The van der Waals surface area contributed by atoms with Gasteiger partial charge in [-0.25, -0.2) is 0 Å². The van der Waals surface area contributed by atoms with Crippen LogP contribution in [0.5, 0.6) is 0 Å². The van der Waals surface area contributed by atoms with Gasteiger partial charge in [0.25, 0.3) is 0 Å². The van der Waals surface area contributed by atoms with Gasteiger partial charge in [0, 0.05) is 0 Å². The van der Waals surface area contributed by atoms with E-state index in [0.717, 1.165) is 0 Å². The molecule has 292 valence electrons. The van der Waals surface area contributed by atoms with Crippen LogP contribution in [-0.2, 0) is 0 Å². The molecular weight excluding hydrogens is 769 g/mol. The minimum atomic E-state index is 1.25. The average molecular weight is 805 g/mol. The van der Waals surface area contributed by atoms with Gasteiger partial charge in [-0.1, -0.05) is 194 Å². The van der Waals surface area contributed by atoms with Crippen molar-refractivity contribution in [2.75, 3.05) is 0 Å². The van der Waals surface area contributed by atoms with Crippen LogP contribution in [0.15, 0.2) is 218 Å². The fraction of sp³-hybridized carbons (Fsp3) is 0. The Hall–Kier alpha value is -8.32. The van der Waals surface area contributed by atoms with E-state index in [1.165, 1.54) is 153 Å². The van der Waals surface area contributed by atoms with E-state index in [-0.39, 0.29) is 0 Å². The molecule has 0 N–H and O–H groups in total. The summed E-state index contributed by atoms with van der Waals surface area (Å²) in [4.78, 5) is 0. The average Bonchev–Trinajstić information content (AvgIpc) is 3.89. The molecule has 0 spiro atoms. The van der Waals surface area contributed by atoms with Crippen molar-refractivity contribution in [2.45, 2.75) is 0 Å². The van der Waals surface area contributed by atoms with Crippen LogP contribution in [0, 0.1) is 0 Å². The highest BCUT2D eigenvalue weighted by Gasteiger charge is 2.32. The summed E-state index contributed by atoms with van der Waals surface area (Å²) in [5.41, 5.74) is 15.5. The van der Waals surface area contributed by atoms with E-state index in [2.05, 4.69) is 218 Å². The van der Waals surface area contributed by atoms with Crippen molar-refractivity contribution in [3.05, 3.63) is 263 Å². The van der Waals surface area contributed by atoms with Gasteiger partial charge in [-0.2, -0.15) is 0 Å². The van der Waals surface area contributed by atoms with Gasteiger partial charge < -0.3 is 0 Å². The van der Waals surface area contributed by atoms with Crippen LogP contribution in [0.2, 0.25) is 0 Å². The van der Waals surface area contributed by atoms with E-state index in [1.807, 2.05) is 0 Å². The summed E-state index contributed by atoms with van der Waals surface area (Å²) in [5, 5.41) is 20.8. The quantitative estimate of drug-likeness (QED) is 0.123. The highest BCUT2D eigenvalue weighted by molar-refractivity contribution is 6.40. The van der Waals surface area contributed by atoms with Crippen LogP contribution >= 0.6 is 0 Å². The molecule has 0 saturated heterocycles. The Kier molecular flexibility index (Phi) is 6.77. The topological polar surface area (TPSA) is 0 Å². The van der Waals surface area contributed by atoms with E-state index in [4.69, 9.17) is 0 Å². The summed E-state index contributed by atoms with van der Waals surface area (Å²) >= 11 is 0. The second-order valence-electron chi connectivity index (χ2n) is 17.9. The Morgan fingerprint density at radius 2 is 0.406 bits per heavy atom. The number of fused-ring (bicyclic) bond motifs is 6. The SMILES string of the molecule is c1ccc2cc(C3=C(c4ccc5ccccc5c4)c4ccc5c6ccc7c8c(ccc(c9ccc3c4c95)c86)C(c3ccc4ccccc4c3)=C7c3ccc4ccccc4c3)ccc2c1. The molecule has 0 aliphatic heterocycles. The molecule has 0 saturated carbocycles. The van der Waals surface area contributed by atoms with Crippen LogP contribution < -0.4 is 0 Å². The zero-order valence-electron chi connectivity index (χ0n) is 34.8. The third kappa shape index (κ3) is 4.61. The molecule has 0 unspecified atom stereocenters. The zero-order valence-corrected chi connectivity index (χ0v) is 34.8. The van der Waals surface area contributed by atoms with Crippen LogP contribution in [0.4, 0.5) is 0 Å². The van der Waals surface area contributed by atoms with Gasteiger partial charge >= 0.3 is 0 Å². The molecule has 0 atom stereocenters. The van der Waals surface area contributed by atoms with Crippen LogP contribution in [0.25, 0.3) is 108 Å². The summed E-state index contributed by atoms with van der Waals surface area (Å²) in [6.07, 6.45) is 0. The number of hydrogen-bond donors (Lipinski definition) is 0. The molecule has 15 rings (SSSR count). The lowest BCUT2D eigenvalue weighted by Gasteiger charge is -2.18. The zero-order chi connectivity index (χ0) is 41.6. The second-order valence-corrected chi connectivity index (χ2v) is 17.9. The molecule has 0 heteroatoms. The highest BCUT2D eigenvalue weighted by atomic mass is 14.3. The summed E-state index contributed by atoms with van der Waals surface area (Å²) < 4.78 is 0. The van der Waals surface area contributed by atoms with Gasteiger partial charge in [0.1, 0.15) is 0 Å². The van der Waals surface area contributed by atoms with E-state index in [9.17, 15) is 0 Å². The minimum Gasteiger partial charge on any atom is -0.0616 e. The Morgan fingerprint density at radius 1 is 0.172 bits per heavy atom. The first-order chi connectivity index (χ1) is 31.7. The summed E-state index contributed by atoms with van der Waals surface area (Å²) in [6, 6.07) is 82.4. The van der Waals surface area contributed by atoms with E-state index in [0.29, 0.717) is 0 Å². The first-order valence-electron chi connectivity index (χ1n) is 22.4. The number of rotatable bonds is 4. The largest absolute Gasteiger partial charge is 0.0616 e. The molecule has 0 fully saturated rings. The maximum absolute atomic E-state index is 2.43. The van der Waals surface area contributed by atoms with E-state index >= 15 is 0 Å². The maximum Gasteiger partial charge on any atom is -0.00134 e. The fourth-order valence-corrected chi connectivity index (χ4v) is 11.8. The molecule has 0 aromatic heterocycles. The van der Waals surface area contributed by atoms with E-state index < -0.39 is 0 Å². The van der Waals surface area contributed by atoms with Gasteiger partial charge in [-0.3, -0.25) is 0 Å². The van der Waals surface area contributed by atoms with Crippen molar-refractivity contribution in [3.8, 4) is 0 Å². The van der Waals surface area contributed by atoms with Crippen molar-refractivity contribution in [2.24, 2.45) is 0 Å². The molecule has 0 bridgehead atoms. The minimum absolute atomic E-state index is 1.25. The predicted octanol–water partition coefficient (Wildman–Crippen LogP) is 17.0. The molecular formula is C64H36. The monoisotopic (exact) mass is 804 g/mol. The van der Waals surface area contributed by atoms with Gasteiger partial charge in [0.15, 0.2) is 0 Å². The van der Waals surface area contributed by atoms with Crippen molar-refractivity contribution in [1.29, 1.82) is 0 Å². The summed E-state index contributed by atoms with van der Waals surface area (Å²) in [7, 11) is 0. The van der Waals surface area contributed by atoms with Crippen LogP contribution in [0.1, 0.15) is 44.5 Å². The standard InChI is InChI=1S/C64H36/c1-5-13-41-33-45(21-17-37(41)9-1)57-53-29-25-49-51-27-31-55-59(47-23-19-39-11-3-7-15-43(39)35-47)60(48-24-20-40-12-4-8-16-44(40)36-48)56-32-28-52(62(51)64(55)56)50-26-30-54(63(53)61(49)50)58(57)46-22-18-38-10-2-6-14-42(38)34-46/h1-36H. The molecule has 2 aliphatic carbocycles. The highest BCUT2D eigenvalue weighted by Crippen LogP contribution is 2.56.